The fourth-order valence-corrected chi connectivity index (χ4v) is 2.24. The number of ether oxygens (including phenoxy) is 6. The molecule has 0 saturated heterocycles. The number of amides is 1. The van der Waals surface area contributed by atoms with Crippen molar-refractivity contribution in [3.63, 3.8) is 0 Å². The lowest BCUT2D eigenvalue weighted by Crippen LogP contribution is -2.28. The second kappa shape index (κ2) is 24.5. The Kier molecular flexibility index (Phi) is 23.6. The number of rotatable bonds is 25. The van der Waals surface area contributed by atoms with Gasteiger partial charge in [0.15, 0.2) is 0 Å². The maximum absolute atomic E-state index is 11.7. The summed E-state index contributed by atoms with van der Waals surface area (Å²) >= 11 is 0. The Morgan fingerprint density at radius 2 is 1.00 bits per heavy atom. The molecular formula is C22H44N2O8. The van der Waals surface area contributed by atoms with Gasteiger partial charge in [-0.15, -0.1) is 0 Å². The van der Waals surface area contributed by atoms with E-state index >= 15 is 0 Å². The molecule has 10 nitrogen and oxygen atoms in total. The van der Waals surface area contributed by atoms with Crippen molar-refractivity contribution in [2.45, 2.75) is 26.7 Å². The molecule has 0 aromatic heterocycles. The van der Waals surface area contributed by atoms with Crippen molar-refractivity contribution in [2.24, 2.45) is 5.92 Å². The molecule has 190 valence electrons. The topological polar surface area (TPSA) is 114 Å². The third-order valence-electron chi connectivity index (χ3n) is 4.16. The van der Waals surface area contributed by atoms with E-state index in [2.05, 4.69) is 10.6 Å². The predicted molar refractivity (Wildman–Crippen MR) is 121 cm³/mol. The predicted octanol–water partition coefficient (Wildman–Crippen LogP) is 0.427. The third kappa shape index (κ3) is 23.5. The Morgan fingerprint density at radius 3 is 1.47 bits per heavy atom. The summed E-state index contributed by atoms with van der Waals surface area (Å²) in [6.45, 7) is 10.8. The van der Waals surface area contributed by atoms with Gasteiger partial charge in [-0.3, -0.25) is 9.59 Å². The smallest absolute Gasteiger partial charge is 0.222 e. The van der Waals surface area contributed by atoms with E-state index in [1.54, 1.807) is 0 Å². The van der Waals surface area contributed by atoms with E-state index in [1.807, 2.05) is 20.9 Å². The summed E-state index contributed by atoms with van der Waals surface area (Å²) in [5, 5.41) is 5.77. The molecule has 0 bridgehead atoms. The third-order valence-corrected chi connectivity index (χ3v) is 4.16. The highest BCUT2D eigenvalue weighted by molar-refractivity contribution is 5.80. The van der Waals surface area contributed by atoms with Crippen LogP contribution >= 0.6 is 0 Å². The molecule has 2 N–H and O–H groups in total. The van der Waals surface area contributed by atoms with E-state index in [0.717, 1.165) is 6.54 Å². The molecule has 0 saturated carbocycles. The van der Waals surface area contributed by atoms with Gasteiger partial charge in [0.1, 0.15) is 5.78 Å². The molecule has 0 aliphatic heterocycles. The first-order valence-corrected chi connectivity index (χ1v) is 11.5. The van der Waals surface area contributed by atoms with Crippen LogP contribution in [0.25, 0.3) is 0 Å². The van der Waals surface area contributed by atoms with Gasteiger partial charge in [-0.2, -0.15) is 0 Å². The molecule has 0 spiro atoms. The van der Waals surface area contributed by atoms with Gasteiger partial charge in [-0.05, 0) is 7.05 Å². The zero-order valence-electron chi connectivity index (χ0n) is 20.2. The molecule has 0 unspecified atom stereocenters. The van der Waals surface area contributed by atoms with Crippen LogP contribution < -0.4 is 10.6 Å². The van der Waals surface area contributed by atoms with Crippen LogP contribution in [0.2, 0.25) is 0 Å². The Balaban J connectivity index is 3.20. The van der Waals surface area contributed by atoms with E-state index in [0.29, 0.717) is 98.7 Å². The Hall–Kier alpha value is -1.14. The van der Waals surface area contributed by atoms with Crippen LogP contribution in [-0.2, 0) is 38.0 Å². The van der Waals surface area contributed by atoms with Crippen molar-refractivity contribution in [3.8, 4) is 0 Å². The van der Waals surface area contributed by atoms with Gasteiger partial charge in [0.2, 0.25) is 5.91 Å². The van der Waals surface area contributed by atoms with Gasteiger partial charge >= 0.3 is 0 Å². The SMILES string of the molecule is CNCCOCCOCCOCCC(=O)NCCOCCOCCOCCC(=O)C(C)C. The molecule has 10 heteroatoms. The number of carbonyl (C=O) groups is 2. The molecule has 0 fully saturated rings. The Morgan fingerprint density at radius 1 is 0.594 bits per heavy atom. The summed E-state index contributed by atoms with van der Waals surface area (Å²) < 4.78 is 32.2. The van der Waals surface area contributed by atoms with Gasteiger partial charge in [-0.25, -0.2) is 0 Å². The Bertz CT molecular complexity index is 438. The first-order chi connectivity index (χ1) is 15.6. The second-order valence-corrected chi connectivity index (χ2v) is 7.25. The first kappa shape index (κ1) is 30.9. The number of likely N-dealkylation sites (N-methyl/N-ethyl adjacent to an activating group) is 1. The van der Waals surface area contributed by atoms with Gasteiger partial charge in [0, 0.05) is 31.8 Å². The summed E-state index contributed by atoms with van der Waals surface area (Å²) in [5.74, 6) is 0.193. The highest BCUT2D eigenvalue weighted by Crippen LogP contribution is 1.98. The van der Waals surface area contributed by atoms with Gasteiger partial charge in [0.25, 0.3) is 0 Å². The van der Waals surface area contributed by atoms with Gasteiger partial charge < -0.3 is 39.1 Å². The first-order valence-electron chi connectivity index (χ1n) is 11.5. The quantitative estimate of drug-likeness (QED) is 0.186. The molecule has 0 aliphatic carbocycles. The van der Waals surface area contributed by atoms with Crippen LogP contribution in [0, 0.1) is 5.92 Å². The minimum Gasteiger partial charge on any atom is -0.379 e. The summed E-state index contributed by atoms with van der Waals surface area (Å²) in [6, 6.07) is 0. The number of hydrogen-bond donors (Lipinski definition) is 2. The van der Waals surface area contributed by atoms with Crippen molar-refractivity contribution >= 4 is 11.7 Å². The van der Waals surface area contributed by atoms with Crippen LogP contribution in [0.4, 0.5) is 0 Å². The largest absolute Gasteiger partial charge is 0.379 e. The lowest BCUT2D eigenvalue weighted by molar-refractivity contribution is -0.123. The highest BCUT2D eigenvalue weighted by atomic mass is 16.5. The fraction of sp³-hybridized carbons (Fsp3) is 0.909. The fourth-order valence-electron chi connectivity index (χ4n) is 2.24. The highest BCUT2D eigenvalue weighted by Gasteiger charge is 2.06. The van der Waals surface area contributed by atoms with E-state index in [1.165, 1.54) is 0 Å². The van der Waals surface area contributed by atoms with Crippen molar-refractivity contribution < 1.29 is 38.0 Å². The van der Waals surface area contributed by atoms with E-state index in [9.17, 15) is 9.59 Å². The van der Waals surface area contributed by atoms with Crippen LogP contribution in [0.5, 0.6) is 0 Å². The number of nitrogens with one attached hydrogen (secondary N) is 2. The van der Waals surface area contributed by atoms with E-state index in [4.69, 9.17) is 28.4 Å². The molecule has 1 amide bonds. The maximum atomic E-state index is 11.7. The molecule has 0 atom stereocenters. The molecule has 0 rings (SSSR count). The zero-order chi connectivity index (χ0) is 23.7. The number of Topliss-reactive ketones (excluding diaryl/α,β-unsaturated/α-hetero) is 1. The average molecular weight is 465 g/mol. The minimum absolute atomic E-state index is 0.0551. The van der Waals surface area contributed by atoms with Crippen LogP contribution in [0.1, 0.15) is 26.7 Å². The molecular weight excluding hydrogens is 420 g/mol. The zero-order valence-corrected chi connectivity index (χ0v) is 20.2. The van der Waals surface area contributed by atoms with Crippen molar-refractivity contribution in [1.82, 2.24) is 10.6 Å². The lowest BCUT2D eigenvalue weighted by atomic mass is 10.1. The van der Waals surface area contributed by atoms with Crippen LogP contribution in [0.3, 0.4) is 0 Å². The standard InChI is InChI=1S/C22H44N2O8/c1-20(2)21(25)4-8-27-12-16-31-19-15-30-11-7-24-22(26)5-9-28-13-17-32-18-14-29-10-6-23-3/h20,23H,4-19H2,1-3H3,(H,24,26). The lowest BCUT2D eigenvalue weighted by Gasteiger charge is -2.09. The number of ketones is 1. The van der Waals surface area contributed by atoms with Gasteiger partial charge in [0.05, 0.1) is 79.3 Å². The molecule has 0 aromatic carbocycles. The van der Waals surface area contributed by atoms with Crippen LogP contribution in [-0.4, -0.2) is 111 Å². The molecule has 32 heavy (non-hydrogen) atoms. The molecule has 0 aliphatic rings. The average Bonchev–Trinajstić information content (AvgIpc) is 2.77. The summed E-state index contributed by atoms with van der Waals surface area (Å²) in [6.07, 6.45) is 0.750. The Labute approximate surface area is 193 Å². The minimum atomic E-state index is -0.0724. The van der Waals surface area contributed by atoms with E-state index in [-0.39, 0.29) is 17.6 Å². The van der Waals surface area contributed by atoms with Crippen LogP contribution in [0.15, 0.2) is 0 Å². The summed E-state index contributed by atoms with van der Waals surface area (Å²) in [4.78, 5) is 23.1. The van der Waals surface area contributed by atoms with Crippen molar-refractivity contribution in [1.29, 1.82) is 0 Å². The number of carbonyl (C=O) groups excluding carboxylic acids is 2. The summed E-state index contributed by atoms with van der Waals surface area (Å²) in [5.41, 5.74) is 0. The van der Waals surface area contributed by atoms with Crippen molar-refractivity contribution in [3.05, 3.63) is 0 Å². The molecule has 0 heterocycles. The monoisotopic (exact) mass is 464 g/mol. The van der Waals surface area contributed by atoms with E-state index < -0.39 is 0 Å². The molecule has 0 aromatic rings. The van der Waals surface area contributed by atoms with Crippen molar-refractivity contribution in [2.75, 3.05) is 99.4 Å². The maximum Gasteiger partial charge on any atom is 0.222 e. The van der Waals surface area contributed by atoms with Gasteiger partial charge in [-0.1, -0.05) is 13.8 Å². The second-order valence-electron chi connectivity index (χ2n) is 7.25. The molecule has 0 radical (unpaired) electrons. The summed E-state index contributed by atoms with van der Waals surface area (Å²) in [7, 11) is 1.88. The normalized spacial score (nSPS) is 11.2. The number of hydrogen-bond acceptors (Lipinski definition) is 9.